The number of nitrogens with zero attached hydrogens (tertiary/aromatic N) is 1. The number of anilines is 1. The van der Waals surface area contributed by atoms with Crippen molar-refractivity contribution in [3.8, 4) is 0 Å². The molecule has 3 aromatic carbocycles. The molecule has 1 amide bonds. The molecule has 0 aromatic heterocycles. The Balaban J connectivity index is 1.53. The second-order valence-electron chi connectivity index (χ2n) is 7.18. The quantitative estimate of drug-likeness (QED) is 0.663. The van der Waals surface area contributed by atoms with Crippen LogP contribution in [-0.4, -0.2) is 31.7 Å². The molecule has 1 saturated heterocycles. The lowest BCUT2D eigenvalue weighted by atomic mass is 9.99. The van der Waals surface area contributed by atoms with E-state index in [9.17, 15) is 13.2 Å². The highest BCUT2D eigenvalue weighted by molar-refractivity contribution is 7.89. The normalized spacial score (nSPS) is 17.9. The average Bonchev–Trinajstić information content (AvgIpc) is 2.75. The lowest BCUT2D eigenvalue weighted by Gasteiger charge is -2.31. The van der Waals surface area contributed by atoms with Crippen LogP contribution in [-0.2, 0) is 14.8 Å². The number of para-hydroxylation sites is 1. The highest BCUT2D eigenvalue weighted by atomic mass is 35.5. The Bertz CT molecular complexity index is 1160. The van der Waals surface area contributed by atoms with Crippen LogP contribution in [0.25, 0.3) is 10.8 Å². The van der Waals surface area contributed by atoms with E-state index in [2.05, 4.69) is 5.32 Å². The van der Waals surface area contributed by atoms with Gasteiger partial charge in [0.15, 0.2) is 0 Å². The van der Waals surface area contributed by atoms with Gasteiger partial charge in [0.1, 0.15) is 0 Å². The second kappa shape index (κ2) is 8.14. The lowest BCUT2D eigenvalue weighted by molar-refractivity contribution is -0.120. The van der Waals surface area contributed by atoms with E-state index in [1.165, 1.54) is 4.31 Å². The van der Waals surface area contributed by atoms with Gasteiger partial charge in [-0.15, -0.1) is 0 Å². The minimum Gasteiger partial charge on any atom is -0.324 e. The molecule has 1 fully saturated rings. The predicted octanol–water partition coefficient (Wildman–Crippen LogP) is 4.53. The fourth-order valence-corrected chi connectivity index (χ4v) is 5.39. The molecule has 7 heteroatoms. The van der Waals surface area contributed by atoms with Crippen LogP contribution in [0.1, 0.15) is 12.8 Å². The summed E-state index contributed by atoms with van der Waals surface area (Å²) in [5.74, 6) is -0.633. The van der Waals surface area contributed by atoms with Crippen molar-refractivity contribution in [2.45, 2.75) is 17.7 Å². The van der Waals surface area contributed by atoms with Crippen molar-refractivity contribution in [3.63, 3.8) is 0 Å². The van der Waals surface area contributed by atoms with Gasteiger partial charge in [-0.05, 0) is 47.9 Å². The number of hydrogen-bond acceptors (Lipinski definition) is 3. The first-order valence-electron chi connectivity index (χ1n) is 9.49. The Morgan fingerprint density at radius 2 is 1.72 bits per heavy atom. The molecule has 3 aromatic rings. The van der Waals surface area contributed by atoms with Crippen molar-refractivity contribution in [2.24, 2.45) is 5.92 Å². The summed E-state index contributed by atoms with van der Waals surface area (Å²) in [7, 11) is -3.67. The Labute approximate surface area is 175 Å². The molecular weight excluding hydrogens is 408 g/mol. The van der Waals surface area contributed by atoms with Crippen LogP contribution in [0.5, 0.6) is 0 Å². The molecular formula is C22H21ClN2O3S. The number of hydrogen-bond donors (Lipinski definition) is 1. The third-order valence-corrected chi connectivity index (χ3v) is 7.44. The second-order valence-corrected chi connectivity index (χ2v) is 9.53. The van der Waals surface area contributed by atoms with Gasteiger partial charge in [-0.1, -0.05) is 54.1 Å². The monoisotopic (exact) mass is 428 g/mol. The van der Waals surface area contributed by atoms with E-state index in [0.717, 1.165) is 10.8 Å². The first kappa shape index (κ1) is 19.9. The van der Waals surface area contributed by atoms with Gasteiger partial charge in [0.25, 0.3) is 0 Å². The molecule has 1 atom stereocenters. The molecule has 1 aliphatic heterocycles. The summed E-state index contributed by atoms with van der Waals surface area (Å²) >= 11 is 6.12. The van der Waals surface area contributed by atoms with E-state index in [-0.39, 0.29) is 17.3 Å². The third-order valence-electron chi connectivity index (χ3n) is 5.25. The smallest absolute Gasteiger partial charge is 0.243 e. The Kier molecular flexibility index (Phi) is 5.58. The van der Waals surface area contributed by atoms with Crippen LogP contribution < -0.4 is 5.32 Å². The van der Waals surface area contributed by atoms with Crippen molar-refractivity contribution in [2.75, 3.05) is 18.4 Å². The van der Waals surface area contributed by atoms with Crippen LogP contribution in [0.2, 0.25) is 5.02 Å². The Hall–Kier alpha value is -2.41. The van der Waals surface area contributed by atoms with Crippen LogP contribution in [0.3, 0.4) is 0 Å². The molecule has 1 heterocycles. The molecule has 0 radical (unpaired) electrons. The summed E-state index contributed by atoms with van der Waals surface area (Å²) in [6.45, 7) is 0.566. The van der Waals surface area contributed by atoms with Gasteiger partial charge >= 0.3 is 0 Å². The molecule has 0 spiro atoms. The summed E-state index contributed by atoms with van der Waals surface area (Å²) in [6, 6.07) is 19.8. The highest BCUT2D eigenvalue weighted by Gasteiger charge is 2.33. The molecule has 1 aliphatic rings. The molecule has 5 nitrogen and oxygen atoms in total. The van der Waals surface area contributed by atoms with Gasteiger partial charge in [0.2, 0.25) is 15.9 Å². The maximum absolute atomic E-state index is 13.2. The zero-order valence-corrected chi connectivity index (χ0v) is 17.3. The summed E-state index contributed by atoms with van der Waals surface area (Å²) < 4.78 is 27.8. The Morgan fingerprint density at radius 3 is 2.52 bits per heavy atom. The van der Waals surface area contributed by atoms with Gasteiger partial charge in [-0.25, -0.2) is 8.42 Å². The number of carbonyl (C=O) groups is 1. The number of rotatable bonds is 4. The number of benzene rings is 3. The minimum absolute atomic E-state index is 0.158. The number of carbonyl (C=O) groups excluding carboxylic acids is 1. The standard InChI is InChI=1S/C22H21ClN2O3S/c23-20-9-3-4-10-21(20)24-22(26)18-8-5-13-25(15-18)29(27,28)19-12-11-16-6-1-2-7-17(16)14-19/h1-4,6-7,9-12,14,18H,5,8,13,15H2,(H,24,26)/t18-/m0/s1. The molecule has 150 valence electrons. The minimum atomic E-state index is -3.67. The van der Waals surface area contributed by atoms with E-state index in [1.54, 1.807) is 36.4 Å². The van der Waals surface area contributed by atoms with E-state index in [4.69, 9.17) is 11.6 Å². The summed E-state index contributed by atoms with van der Waals surface area (Å²) in [4.78, 5) is 13.0. The third kappa shape index (κ3) is 4.15. The fourth-order valence-electron chi connectivity index (χ4n) is 3.65. The number of halogens is 1. The van der Waals surface area contributed by atoms with Crippen molar-refractivity contribution in [3.05, 3.63) is 71.8 Å². The van der Waals surface area contributed by atoms with E-state index >= 15 is 0 Å². The van der Waals surface area contributed by atoms with Gasteiger partial charge in [-0.3, -0.25) is 4.79 Å². The van der Waals surface area contributed by atoms with Crippen LogP contribution in [0.15, 0.2) is 71.6 Å². The molecule has 1 N–H and O–H groups in total. The maximum atomic E-state index is 13.2. The maximum Gasteiger partial charge on any atom is 0.243 e. The molecule has 0 unspecified atom stereocenters. The number of nitrogens with one attached hydrogen (secondary N) is 1. The molecule has 0 aliphatic carbocycles. The summed E-state index contributed by atoms with van der Waals surface area (Å²) in [5.41, 5.74) is 0.536. The fraction of sp³-hybridized carbons (Fsp3) is 0.227. The number of amides is 1. The van der Waals surface area contributed by atoms with Crippen LogP contribution >= 0.6 is 11.6 Å². The molecule has 0 saturated carbocycles. The van der Waals surface area contributed by atoms with Gasteiger partial charge in [0, 0.05) is 13.1 Å². The molecule has 4 rings (SSSR count). The molecule has 0 bridgehead atoms. The summed E-state index contributed by atoms with van der Waals surface area (Å²) in [6.07, 6.45) is 1.27. The van der Waals surface area contributed by atoms with E-state index < -0.39 is 15.9 Å². The van der Waals surface area contributed by atoms with Gasteiger partial charge in [-0.2, -0.15) is 4.31 Å². The zero-order chi connectivity index (χ0) is 20.4. The van der Waals surface area contributed by atoms with E-state index in [1.807, 2.05) is 30.3 Å². The van der Waals surface area contributed by atoms with Crippen molar-refractivity contribution >= 4 is 44.0 Å². The Morgan fingerprint density at radius 1 is 1.00 bits per heavy atom. The SMILES string of the molecule is O=C(Nc1ccccc1Cl)[C@H]1CCCN(S(=O)(=O)c2ccc3ccccc3c2)C1. The largest absolute Gasteiger partial charge is 0.324 e. The van der Waals surface area contributed by atoms with Crippen LogP contribution in [0.4, 0.5) is 5.69 Å². The number of sulfonamides is 1. The lowest BCUT2D eigenvalue weighted by Crippen LogP contribution is -2.43. The molecule has 29 heavy (non-hydrogen) atoms. The highest BCUT2D eigenvalue weighted by Crippen LogP contribution is 2.28. The van der Waals surface area contributed by atoms with Crippen LogP contribution in [0, 0.1) is 5.92 Å². The van der Waals surface area contributed by atoms with Gasteiger partial charge in [0.05, 0.1) is 21.5 Å². The predicted molar refractivity (Wildman–Crippen MR) is 116 cm³/mol. The number of piperidine rings is 1. The average molecular weight is 429 g/mol. The van der Waals surface area contributed by atoms with Crippen molar-refractivity contribution < 1.29 is 13.2 Å². The van der Waals surface area contributed by atoms with Gasteiger partial charge < -0.3 is 5.32 Å². The van der Waals surface area contributed by atoms with E-state index in [0.29, 0.717) is 30.1 Å². The first-order chi connectivity index (χ1) is 13.9. The summed E-state index contributed by atoms with van der Waals surface area (Å²) in [5, 5.41) is 5.14. The van der Waals surface area contributed by atoms with Crippen molar-refractivity contribution in [1.82, 2.24) is 4.31 Å². The zero-order valence-electron chi connectivity index (χ0n) is 15.7. The first-order valence-corrected chi connectivity index (χ1v) is 11.3. The number of fused-ring (bicyclic) bond motifs is 1. The van der Waals surface area contributed by atoms with Crippen molar-refractivity contribution in [1.29, 1.82) is 0 Å². The topological polar surface area (TPSA) is 66.5 Å².